The van der Waals surface area contributed by atoms with Crippen molar-refractivity contribution in [3.63, 3.8) is 0 Å². The van der Waals surface area contributed by atoms with Crippen molar-refractivity contribution >= 4 is 17.8 Å². The number of aryl methyl sites for hydroxylation is 1. The van der Waals surface area contributed by atoms with Crippen molar-refractivity contribution < 1.29 is 27.5 Å². The number of hydrogen-bond acceptors (Lipinski definition) is 5. The van der Waals surface area contributed by atoms with Gasteiger partial charge >= 0.3 is 12.1 Å². The van der Waals surface area contributed by atoms with Crippen LogP contribution in [0.2, 0.25) is 0 Å². The minimum atomic E-state index is -4.70. The van der Waals surface area contributed by atoms with Gasteiger partial charge in [-0.3, -0.25) is 14.9 Å². The standard InChI is InChI=1S/C13H11F3N4O3/c1-7(21)23-9-5-3-8(4-6-9)10(22)17-12-18-11(13(14,15)16)19-20(12)2/h3-6H,1-2H3,(H,17,18,19,22). The third-order valence-corrected chi connectivity index (χ3v) is 2.62. The largest absolute Gasteiger partial charge is 0.453 e. The molecule has 0 bridgehead atoms. The van der Waals surface area contributed by atoms with E-state index in [2.05, 4.69) is 15.4 Å². The van der Waals surface area contributed by atoms with Crippen LogP contribution in [0, 0.1) is 0 Å². The van der Waals surface area contributed by atoms with Crippen LogP contribution >= 0.6 is 0 Å². The van der Waals surface area contributed by atoms with E-state index in [-0.39, 0.29) is 17.3 Å². The molecule has 0 unspecified atom stereocenters. The molecule has 122 valence electrons. The second-order valence-electron chi connectivity index (χ2n) is 4.45. The molecule has 0 aliphatic carbocycles. The zero-order valence-corrected chi connectivity index (χ0v) is 12.0. The van der Waals surface area contributed by atoms with Crippen LogP contribution in [0.5, 0.6) is 5.75 Å². The van der Waals surface area contributed by atoms with Gasteiger partial charge in [-0.2, -0.15) is 18.2 Å². The first-order chi connectivity index (χ1) is 10.7. The van der Waals surface area contributed by atoms with E-state index >= 15 is 0 Å². The fourth-order valence-corrected chi connectivity index (χ4v) is 1.63. The van der Waals surface area contributed by atoms with Crippen molar-refractivity contribution in [3.8, 4) is 5.75 Å². The predicted molar refractivity (Wildman–Crippen MR) is 71.7 cm³/mol. The number of halogens is 3. The second-order valence-corrected chi connectivity index (χ2v) is 4.45. The van der Waals surface area contributed by atoms with Gasteiger partial charge in [-0.15, -0.1) is 5.10 Å². The lowest BCUT2D eigenvalue weighted by Gasteiger charge is -2.05. The summed E-state index contributed by atoms with van der Waals surface area (Å²) in [5.74, 6) is -2.64. The first-order valence-electron chi connectivity index (χ1n) is 6.25. The number of nitrogens with zero attached hydrogens (tertiary/aromatic N) is 3. The van der Waals surface area contributed by atoms with Crippen LogP contribution in [0.25, 0.3) is 0 Å². The molecule has 23 heavy (non-hydrogen) atoms. The average Bonchev–Trinajstić information content (AvgIpc) is 2.80. The third-order valence-electron chi connectivity index (χ3n) is 2.62. The fraction of sp³-hybridized carbons (Fsp3) is 0.231. The first-order valence-corrected chi connectivity index (χ1v) is 6.25. The molecule has 0 saturated carbocycles. The van der Waals surface area contributed by atoms with Gasteiger partial charge in [0.05, 0.1) is 0 Å². The van der Waals surface area contributed by atoms with Gasteiger partial charge in [-0.05, 0) is 24.3 Å². The van der Waals surface area contributed by atoms with Crippen LogP contribution in [0.3, 0.4) is 0 Å². The van der Waals surface area contributed by atoms with E-state index in [1.165, 1.54) is 38.2 Å². The Morgan fingerprint density at radius 3 is 2.30 bits per heavy atom. The lowest BCUT2D eigenvalue weighted by Crippen LogP contribution is -2.15. The molecule has 1 aromatic heterocycles. The van der Waals surface area contributed by atoms with E-state index in [9.17, 15) is 22.8 Å². The fourth-order valence-electron chi connectivity index (χ4n) is 1.63. The molecule has 0 fully saturated rings. The molecule has 2 aromatic rings. The minimum Gasteiger partial charge on any atom is -0.427 e. The molecule has 1 heterocycles. The second kappa shape index (κ2) is 6.07. The summed E-state index contributed by atoms with van der Waals surface area (Å²) in [5.41, 5.74) is 0.150. The number of hydrogen-bond donors (Lipinski definition) is 1. The summed E-state index contributed by atoms with van der Waals surface area (Å²) in [4.78, 5) is 26.0. The Morgan fingerprint density at radius 2 is 1.83 bits per heavy atom. The SMILES string of the molecule is CC(=O)Oc1ccc(C(=O)Nc2nc(C(F)(F)F)nn2C)cc1. The van der Waals surface area contributed by atoms with Crippen LogP contribution < -0.4 is 10.1 Å². The highest BCUT2D eigenvalue weighted by molar-refractivity contribution is 6.03. The number of carbonyl (C=O) groups excluding carboxylic acids is 2. The number of benzene rings is 1. The van der Waals surface area contributed by atoms with Gasteiger partial charge in [-0.25, -0.2) is 4.68 Å². The lowest BCUT2D eigenvalue weighted by molar-refractivity contribution is -0.145. The van der Waals surface area contributed by atoms with E-state index in [4.69, 9.17) is 4.74 Å². The van der Waals surface area contributed by atoms with Crippen LogP contribution in [0.1, 0.15) is 23.1 Å². The third kappa shape index (κ3) is 4.05. The van der Waals surface area contributed by atoms with E-state index in [0.717, 1.165) is 4.68 Å². The Morgan fingerprint density at radius 1 is 1.22 bits per heavy atom. The highest BCUT2D eigenvalue weighted by Crippen LogP contribution is 2.27. The van der Waals surface area contributed by atoms with Gasteiger partial charge < -0.3 is 4.74 Å². The topological polar surface area (TPSA) is 86.1 Å². The summed E-state index contributed by atoms with van der Waals surface area (Å²) in [6.07, 6.45) is -4.70. The molecule has 1 N–H and O–H groups in total. The van der Waals surface area contributed by atoms with Gasteiger partial charge in [0, 0.05) is 19.5 Å². The summed E-state index contributed by atoms with van der Waals surface area (Å²) < 4.78 is 43.1. The maximum absolute atomic E-state index is 12.5. The molecule has 10 heteroatoms. The molecule has 0 aliphatic rings. The molecule has 0 saturated heterocycles. The zero-order chi connectivity index (χ0) is 17.2. The quantitative estimate of drug-likeness (QED) is 0.688. The number of carbonyl (C=O) groups is 2. The van der Waals surface area contributed by atoms with Crippen LogP contribution in [-0.2, 0) is 18.0 Å². The summed E-state index contributed by atoms with van der Waals surface area (Å²) in [7, 11) is 1.22. The Hall–Kier alpha value is -2.91. The van der Waals surface area contributed by atoms with Gasteiger partial charge in [0.1, 0.15) is 5.75 Å². The van der Waals surface area contributed by atoms with Crippen LogP contribution in [0.4, 0.5) is 19.1 Å². The smallest absolute Gasteiger partial charge is 0.427 e. The zero-order valence-electron chi connectivity index (χ0n) is 12.0. The van der Waals surface area contributed by atoms with Crippen molar-refractivity contribution in [2.75, 3.05) is 5.32 Å². The van der Waals surface area contributed by atoms with Crippen molar-refractivity contribution in [2.45, 2.75) is 13.1 Å². The molecule has 0 atom stereocenters. The Bertz CT molecular complexity index is 738. The monoisotopic (exact) mass is 328 g/mol. The van der Waals surface area contributed by atoms with Crippen LogP contribution in [-0.4, -0.2) is 26.6 Å². The summed E-state index contributed by atoms with van der Waals surface area (Å²) in [6, 6.07) is 5.48. The Labute approximate surface area is 128 Å². The van der Waals surface area contributed by atoms with E-state index in [0.29, 0.717) is 0 Å². The molecule has 1 amide bonds. The molecular weight excluding hydrogens is 317 g/mol. The number of alkyl halides is 3. The highest BCUT2D eigenvalue weighted by Gasteiger charge is 2.37. The number of amides is 1. The summed E-state index contributed by atoms with van der Waals surface area (Å²) in [6.45, 7) is 1.23. The Balaban J connectivity index is 2.13. The number of ether oxygens (including phenoxy) is 1. The van der Waals surface area contributed by atoms with Crippen LogP contribution in [0.15, 0.2) is 24.3 Å². The number of rotatable bonds is 3. The van der Waals surface area contributed by atoms with Gasteiger partial charge in [0.15, 0.2) is 0 Å². The van der Waals surface area contributed by atoms with Crippen molar-refractivity contribution in [1.82, 2.24) is 14.8 Å². The minimum absolute atomic E-state index is 0.150. The maximum Gasteiger partial charge on any atom is 0.453 e. The number of anilines is 1. The first kappa shape index (κ1) is 16.5. The number of aromatic nitrogens is 3. The van der Waals surface area contributed by atoms with Crippen molar-refractivity contribution in [2.24, 2.45) is 7.05 Å². The molecule has 1 aromatic carbocycles. The molecule has 2 rings (SSSR count). The molecule has 0 radical (unpaired) electrons. The van der Waals surface area contributed by atoms with E-state index < -0.39 is 23.9 Å². The van der Waals surface area contributed by atoms with Gasteiger partial charge in [0.2, 0.25) is 5.95 Å². The maximum atomic E-state index is 12.5. The van der Waals surface area contributed by atoms with E-state index in [1.807, 2.05) is 0 Å². The summed E-state index contributed by atoms with van der Waals surface area (Å²) in [5, 5.41) is 5.41. The normalized spacial score (nSPS) is 11.2. The molecule has 0 aliphatic heterocycles. The molecule has 7 nitrogen and oxygen atoms in total. The highest BCUT2D eigenvalue weighted by atomic mass is 19.4. The Kier molecular flexibility index (Phi) is 4.34. The van der Waals surface area contributed by atoms with Gasteiger partial charge in [-0.1, -0.05) is 0 Å². The van der Waals surface area contributed by atoms with Crippen molar-refractivity contribution in [3.05, 3.63) is 35.7 Å². The average molecular weight is 328 g/mol. The lowest BCUT2D eigenvalue weighted by atomic mass is 10.2. The molecular formula is C13H11F3N4O3. The number of nitrogens with one attached hydrogen (secondary N) is 1. The molecule has 0 spiro atoms. The predicted octanol–water partition coefficient (Wildman–Crippen LogP) is 2.01. The van der Waals surface area contributed by atoms with Crippen molar-refractivity contribution in [1.29, 1.82) is 0 Å². The van der Waals surface area contributed by atoms with Gasteiger partial charge in [0.25, 0.3) is 11.7 Å². The number of esters is 1. The van der Waals surface area contributed by atoms with E-state index in [1.54, 1.807) is 0 Å². The summed E-state index contributed by atoms with van der Waals surface area (Å²) >= 11 is 0.